The van der Waals surface area contributed by atoms with Gasteiger partial charge in [0, 0.05) is 31.1 Å². The molecule has 1 saturated heterocycles. The summed E-state index contributed by atoms with van der Waals surface area (Å²) in [6.45, 7) is 5.00. The largest absolute Gasteiger partial charge is 0.494 e. The number of likely N-dealkylation sites (tertiary alicyclic amines) is 1. The molecule has 1 aromatic heterocycles. The summed E-state index contributed by atoms with van der Waals surface area (Å²) < 4.78 is 13.7. The van der Waals surface area contributed by atoms with E-state index in [0.29, 0.717) is 57.9 Å². The van der Waals surface area contributed by atoms with Gasteiger partial charge in [0.1, 0.15) is 11.9 Å². The second kappa shape index (κ2) is 11.0. The fourth-order valence-electron chi connectivity index (χ4n) is 4.94. The van der Waals surface area contributed by atoms with E-state index in [0.717, 1.165) is 22.6 Å². The monoisotopic (exact) mass is 488 g/mol. The molecule has 2 amide bonds. The van der Waals surface area contributed by atoms with Gasteiger partial charge in [-0.15, -0.1) is 0 Å². The van der Waals surface area contributed by atoms with Gasteiger partial charge < -0.3 is 24.3 Å². The average Bonchev–Trinajstić information content (AvgIpc) is 3.36. The molecule has 0 spiro atoms. The lowest BCUT2D eigenvalue weighted by Crippen LogP contribution is -2.43. The number of rotatable bonds is 7. The zero-order valence-electron chi connectivity index (χ0n) is 20.6. The van der Waals surface area contributed by atoms with Crippen LogP contribution in [0.5, 0.6) is 5.75 Å². The van der Waals surface area contributed by atoms with Crippen molar-refractivity contribution in [3.05, 3.63) is 83.4 Å². The van der Waals surface area contributed by atoms with Gasteiger partial charge in [-0.2, -0.15) is 0 Å². The number of imidazole rings is 1. The molecule has 1 unspecified atom stereocenters. The Kier molecular flexibility index (Phi) is 7.32. The number of benzene rings is 2. The average molecular weight is 489 g/mol. The van der Waals surface area contributed by atoms with Crippen LogP contribution in [0.3, 0.4) is 0 Å². The van der Waals surface area contributed by atoms with Gasteiger partial charge in [-0.3, -0.25) is 9.59 Å². The Hall–Kier alpha value is -3.65. The van der Waals surface area contributed by atoms with Gasteiger partial charge in [0.05, 0.1) is 31.8 Å². The van der Waals surface area contributed by atoms with Gasteiger partial charge in [0.15, 0.2) is 5.69 Å². The van der Waals surface area contributed by atoms with E-state index in [1.54, 1.807) is 11.2 Å². The number of hydrogen-bond donors (Lipinski definition) is 1. The highest BCUT2D eigenvalue weighted by atomic mass is 16.5. The molecule has 188 valence electrons. The maximum absolute atomic E-state index is 13.3. The molecule has 3 heterocycles. The van der Waals surface area contributed by atoms with Crippen molar-refractivity contribution in [2.24, 2.45) is 5.92 Å². The number of aromatic nitrogens is 2. The smallest absolute Gasteiger partial charge is 0.274 e. The summed E-state index contributed by atoms with van der Waals surface area (Å²) in [5.41, 5.74) is 3.35. The van der Waals surface area contributed by atoms with Crippen LogP contribution in [0.1, 0.15) is 53.2 Å². The highest BCUT2D eigenvalue weighted by molar-refractivity contribution is 5.93. The summed E-state index contributed by atoms with van der Waals surface area (Å²) in [5.74, 6) is 0.616. The zero-order chi connectivity index (χ0) is 24.9. The van der Waals surface area contributed by atoms with Gasteiger partial charge in [-0.1, -0.05) is 48.5 Å². The van der Waals surface area contributed by atoms with Crippen LogP contribution in [0.15, 0.2) is 60.9 Å². The van der Waals surface area contributed by atoms with Gasteiger partial charge in [-0.05, 0) is 31.4 Å². The Morgan fingerprint density at radius 3 is 2.61 bits per heavy atom. The minimum absolute atomic E-state index is 0.0214. The number of nitrogens with zero attached hydrogens (tertiary/aromatic N) is 3. The van der Waals surface area contributed by atoms with Crippen molar-refractivity contribution < 1.29 is 19.1 Å². The second-order valence-electron chi connectivity index (χ2n) is 9.23. The molecule has 0 bridgehead atoms. The quantitative estimate of drug-likeness (QED) is 0.548. The molecule has 1 fully saturated rings. The Morgan fingerprint density at radius 1 is 1.08 bits per heavy atom. The molecule has 8 heteroatoms. The number of nitrogens with one attached hydrogen (secondary N) is 1. The first-order valence-corrected chi connectivity index (χ1v) is 12.6. The summed E-state index contributed by atoms with van der Waals surface area (Å²) >= 11 is 0. The number of amides is 2. The van der Waals surface area contributed by atoms with Crippen molar-refractivity contribution in [3.63, 3.8) is 0 Å². The molecule has 0 radical (unpaired) electrons. The van der Waals surface area contributed by atoms with Crippen molar-refractivity contribution in [2.75, 3.05) is 19.7 Å². The molecule has 2 aliphatic heterocycles. The predicted octanol–water partition coefficient (Wildman–Crippen LogP) is 3.72. The molecule has 3 aromatic rings. The van der Waals surface area contributed by atoms with E-state index in [2.05, 4.69) is 22.4 Å². The molecule has 0 aliphatic carbocycles. The van der Waals surface area contributed by atoms with E-state index in [-0.39, 0.29) is 23.8 Å². The highest BCUT2D eigenvalue weighted by Crippen LogP contribution is 2.29. The fraction of sp³-hybridized carbons (Fsp3) is 0.393. The van der Waals surface area contributed by atoms with Crippen LogP contribution < -0.4 is 10.1 Å². The molecule has 2 aliphatic rings. The maximum atomic E-state index is 13.3. The third-order valence-electron chi connectivity index (χ3n) is 6.98. The van der Waals surface area contributed by atoms with Gasteiger partial charge in [0.2, 0.25) is 5.91 Å². The van der Waals surface area contributed by atoms with Crippen molar-refractivity contribution >= 4 is 11.8 Å². The molecule has 2 aromatic carbocycles. The van der Waals surface area contributed by atoms with Crippen molar-refractivity contribution in [3.8, 4) is 5.75 Å². The molecular weight excluding hydrogens is 456 g/mol. The lowest BCUT2D eigenvalue weighted by atomic mass is 9.95. The first-order chi connectivity index (χ1) is 17.6. The minimum Gasteiger partial charge on any atom is -0.494 e. The van der Waals surface area contributed by atoms with Crippen LogP contribution in [0, 0.1) is 5.92 Å². The summed E-state index contributed by atoms with van der Waals surface area (Å²) in [4.78, 5) is 32.3. The van der Waals surface area contributed by atoms with Gasteiger partial charge in [-0.25, -0.2) is 4.98 Å². The van der Waals surface area contributed by atoms with Crippen molar-refractivity contribution in [2.45, 2.75) is 45.6 Å². The SMILES string of the molecule is CCOc1ccccc1CNC(=O)C1CCN(C(=O)c2ncn3c2COC(c2ccccc2)C3)CC1. The van der Waals surface area contributed by atoms with Crippen LogP contribution >= 0.6 is 0 Å². The maximum Gasteiger partial charge on any atom is 0.274 e. The van der Waals surface area contributed by atoms with Crippen LogP contribution in [0.2, 0.25) is 0 Å². The summed E-state index contributed by atoms with van der Waals surface area (Å²) in [5, 5.41) is 3.04. The number of ether oxygens (including phenoxy) is 2. The van der Waals surface area contributed by atoms with Gasteiger partial charge >= 0.3 is 0 Å². The van der Waals surface area contributed by atoms with E-state index in [4.69, 9.17) is 9.47 Å². The van der Waals surface area contributed by atoms with Crippen LogP contribution in [0.25, 0.3) is 0 Å². The first kappa shape index (κ1) is 24.1. The van der Waals surface area contributed by atoms with E-state index in [1.807, 2.05) is 54.0 Å². The predicted molar refractivity (Wildman–Crippen MR) is 134 cm³/mol. The normalized spacial score (nSPS) is 17.9. The van der Waals surface area contributed by atoms with Crippen LogP contribution in [0.4, 0.5) is 0 Å². The van der Waals surface area contributed by atoms with Crippen LogP contribution in [-0.4, -0.2) is 46.0 Å². The highest BCUT2D eigenvalue weighted by Gasteiger charge is 2.32. The number of piperidine rings is 1. The standard InChI is InChI=1S/C28H32N4O4/c1-2-35-24-11-7-6-10-22(24)16-29-27(33)21-12-14-31(15-13-21)28(34)26-23-18-36-25(17-32(23)19-30-26)20-8-4-3-5-9-20/h3-11,19,21,25H,2,12-18H2,1H3,(H,29,33). The number of hydrogen-bond acceptors (Lipinski definition) is 5. The summed E-state index contributed by atoms with van der Waals surface area (Å²) in [7, 11) is 0. The summed E-state index contributed by atoms with van der Waals surface area (Å²) in [6.07, 6.45) is 2.95. The topological polar surface area (TPSA) is 85.7 Å². The second-order valence-corrected chi connectivity index (χ2v) is 9.23. The fourth-order valence-corrected chi connectivity index (χ4v) is 4.94. The molecule has 8 nitrogen and oxygen atoms in total. The summed E-state index contributed by atoms with van der Waals surface area (Å²) in [6, 6.07) is 17.8. The van der Waals surface area contributed by atoms with E-state index < -0.39 is 0 Å². The Balaban J connectivity index is 1.14. The Morgan fingerprint density at radius 2 is 1.83 bits per heavy atom. The third-order valence-corrected chi connectivity index (χ3v) is 6.98. The van der Waals surface area contributed by atoms with E-state index >= 15 is 0 Å². The third kappa shape index (κ3) is 5.14. The van der Waals surface area contributed by atoms with Crippen molar-refractivity contribution in [1.82, 2.24) is 19.8 Å². The van der Waals surface area contributed by atoms with E-state index in [1.165, 1.54) is 0 Å². The molecule has 1 N–H and O–H groups in total. The number of fused-ring (bicyclic) bond motifs is 1. The Bertz CT molecular complexity index is 1200. The molecule has 5 rings (SSSR count). The van der Waals surface area contributed by atoms with Gasteiger partial charge in [0.25, 0.3) is 5.91 Å². The molecule has 0 saturated carbocycles. The molecule has 1 atom stereocenters. The lowest BCUT2D eigenvalue weighted by Gasteiger charge is -2.31. The number of carbonyl (C=O) groups excluding carboxylic acids is 2. The molecule has 36 heavy (non-hydrogen) atoms. The Labute approximate surface area is 211 Å². The van der Waals surface area contributed by atoms with Crippen LogP contribution in [-0.2, 0) is 29.2 Å². The van der Waals surface area contributed by atoms with E-state index in [9.17, 15) is 9.59 Å². The molecular formula is C28H32N4O4. The minimum atomic E-state index is -0.112. The zero-order valence-corrected chi connectivity index (χ0v) is 20.6. The lowest BCUT2D eigenvalue weighted by molar-refractivity contribution is -0.126. The number of carbonyl (C=O) groups is 2. The first-order valence-electron chi connectivity index (χ1n) is 12.6. The number of para-hydroxylation sites is 1. The van der Waals surface area contributed by atoms with Crippen molar-refractivity contribution in [1.29, 1.82) is 0 Å².